The predicted molar refractivity (Wildman–Crippen MR) is 104 cm³/mol. The van der Waals surface area contributed by atoms with Gasteiger partial charge in [-0.1, -0.05) is 48.2 Å². The van der Waals surface area contributed by atoms with E-state index in [-0.39, 0.29) is 11.9 Å². The monoisotopic (exact) mass is 364 g/mol. The molecule has 1 amide bonds. The lowest BCUT2D eigenvalue weighted by atomic mass is 9.97. The molecule has 1 atom stereocenters. The average Bonchev–Trinajstić information content (AvgIpc) is 3.15. The van der Waals surface area contributed by atoms with E-state index in [1.54, 1.807) is 6.33 Å². The fraction of sp³-hybridized carbons (Fsp3) is 0.250. The van der Waals surface area contributed by atoms with Crippen LogP contribution in [0, 0.1) is 0 Å². The van der Waals surface area contributed by atoms with E-state index in [0.29, 0.717) is 5.75 Å². The second-order valence-electron chi connectivity index (χ2n) is 6.39. The van der Waals surface area contributed by atoms with Crippen LogP contribution in [0.1, 0.15) is 18.9 Å². The maximum absolute atomic E-state index is 13.0. The van der Waals surface area contributed by atoms with Gasteiger partial charge in [-0.3, -0.25) is 9.36 Å². The molecule has 0 unspecified atom stereocenters. The number of hydrogen-bond acceptors (Lipinski definition) is 4. The Labute approximate surface area is 157 Å². The Morgan fingerprint density at radius 1 is 1.15 bits per heavy atom. The first kappa shape index (κ1) is 16.8. The van der Waals surface area contributed by atoms with E-state index in [1.165, 1.54) is 17.3 Å². The summed E-state index contributed by atoms with van der Waals surface area (Å²) in [7, 11) is 0. The van der Waals surface area contributed by atoms with Crippen molar-refractivity contribution in [2.45, 2.75) is 31.0 Å². The van der Waals surface area contributed by atoms with Gasteiger partial charge in [-0.15, -0.1) is 10.2 Å². The lowest BCUT2D eigenvalue weighted by Gasteiger charge is -2.35. The highest BCUT2D eigenvalue weighted by Gasteiger charge is 2.28. The first-order valence-electron chi connectivity index (χ1n) is 8.72. The molecule has 0 spiro atoms. The van der Waals surface area contributed by atoms with Crippen LogP contribution in [0.2, 0.25) is 0 Å². The topological polar surface area (TPSA) is 51.0 Å². The van der Waals surface area contributed by atoms with Crippen LogP contribution in [-0.4, -0.2) is 32.5 Å². The number of nitrogens with zero attached hydrogens (tertiary/aromatic N) is 4. The molecule has 0 bridgehead atoms. The van der Waals surface area contributed by atoms with Crippen molar-refractivity contribution in [1.29, 1.82) is 0 Å². The molecule has 1 aromatic heterocycles. The van der Waals surface area contributed by atoms with Crippen molar-refractivity contribution in [3.8, 4) is 5.69 Å². The van der Waals surface area contributed by atoms with E-state index in [9.17, 15) is 4.79 Å². The normalized spacial score (nSPS) is 16.3. The van der Waals surface area contributed by atoms with Crippen molar-refractivity contribution in [3.05, 3.63) is 66.5 Å². The zero-order valence-corrected chi connectivity index (χ0v) is 15.4. The van der Waals surface area contributed by atoms with E-state index in [1.807, 2.05) is 58.0 Å². The lowest BCUT2D eigenvalue weighted by molar-refractivity contribution is -0.116. The average molecular weight is 364 g/mol. The number of carbonyl (C=O) groups is 1. The summed E-state index contributed by atoms with van der Waals surface area (Å²) in [6, 6.07) is 18.3. The first-order chi connectivity index (χ1) is 12.7. The number of aryl methyl sites for hydroxylation is 1. The molecule has 0 N–H and O–H groups in total. The fourth-order valence-electron chi connectivity index (χ4n) is 3.35. The maximum Gasteiger partial charge on any atom is 0.237 e. The lowest BCUT2D eigenvalue weighted by Crippen LogP contribution is -2.43. The predicted octanol–water partition coefficient (Wildman–Crippen LogP) is 3.73. The molecule has 6 heteroatoms. The third kappa shape index (κ3) is 3.24. The zero-order valence-electron chi connectivity index (χ0n) is 14.6. The van der Waals surface area contributed by atoms with E-state index in [2.05, 4.69) is 23.2 Å². The van der Waals surface area contributed by atoms with Crippen molar-refractivity contribution >= 4 is 23.4 Å². The van der Waals surface area contributed by atoms with Crippen LogP contribution >= 0.6 is 11.8 Å². The van der Waals surface area contributed by atoms with Crippen molar-refractivity contribution in [2.24, 2.45) is 0 Å². The number of fused-ring (bicyclic) bond motifs is 1. The molecule has 26 heavy (non-hydrogen) atoms. The van der Waals surface area contributed by atoms with Crippen LogP contribution in [0.15, 0.2) is 66.1 Å². The van der Waals surface area contributed by atoms with E-state index in [4.69, 9.17) is 0 Å². The summed E-state index contributed by atoms with van der Waals surface area (Å²) in [4.78, 5) is 14.9. The molecule has 132 valence electrons. The molecule has 0 aliphatic carbocycles. The minimum Gasteiger partial charge on any atom is -0.309 e. The highest BCUT2D eigenvalue weighted by molar-refractivity contribution is 7.99. The largest absolute Gasteiger partial charge is 0.309 e. The van der Waals surface area contributed by atoms with Gasteiger partial charge in [0.2, 0.25) is 5.91 Å². The number of benzene rings is 2. The van der Waals surface area contributed by atoms with Crippen LogP contribution < -0.4 is 4.90 Å². The summed E-state index contributed by atoms with van der Waals surface area (Å²) in [5, 5.41) is 8.91. The van der Waals surface area contributed by atoms with Crippen molar-refractivity contribution < 1.29 is 4.79 Å². The summed E-state index contributed by atoms with van der Waals surface area (Å²) in [6.07, 6.45) is 3.70. The standard InChI is InChI=1S/C20H20N4OS/c1-15-11-12-16-7-5-6-10-18(16)24(15)19(25)13-26-20-22-21-14-23(20)17-8-3-2-4-9-17/h2-10,14-15H,11-13H2,1H3/t15-/m0/s1. The van der Waals surface area contributed by atoms with Crippen LogP contribution in [0.3, 0.4) is 0 Å². The van der Waals surface area contributed by atoms with Gasteiger partial charge in [-0.25, -0.2) is 0 Å². The van der Waals surface area contributed by atoms with Crippen LogP contribution in [0.25, 0.3) is 5.69 Å². The van der Waals surface area contributed by atoms with Gasteiger partial charge in [0.05, 0.1) is 5.75 Å². The number of amides is 1. The summed E-state index contributed by atoms with van der Waals surface area (Å²) < 4.78 is 1.91. The smallest absolute Gasteiger partial charge is 0.237 e. The highest BCUT2D eigenvalue weighted by atomic mass is 32.2. The number of aromatic nitrogens is 3. The molecular weight excluding hydrogens is 344 g/mol. The quantitative estimate of drug-likeness (QED) is 0.662. The molecule has 0 saturated heterocycles. The Balaban J connectivity index is 1.51. The summed E-state index contributed by atoms with van der Waals surface area (Å²) in [5.74, 6) is 0.446. The minimum atomic E-state index is 0.109. The Kier molecular flexibility index (Phi) is 4.75. The number of rotatable bonds is 4. The van der Waals surface area contributed by atoms with E-state index in [0.717, 1.165) is 29.4 Å². The van der Waals surface area contributed by atoms with E-state index < -0.39 is 0 Å². The molecule has 2 heterocycles. The second kappa shape index (κ2) is 7.33. The second-order valence-corrected chi connectivity index (χ2v) is 7.33. The number of para-hydroxylation sites is 2. The summed E-state index contributed by atoms with van der Waals surface area (Å²) in [5.41, 5.74) is 3.28. The Hall–Kier alpha value is -2.60. The molecule has 2 aromatic carbocycles. The summed E-state index contributed by atoms with van der Waals surface area (Å²) >= 11 is 1.43. The molecule has 0 fully saturated rings. The number of thioether (sulfide) groups is 1. The first-order valence-corrected chi connectivity index (χ1v) is 9.71. The Morgan fingerprint density at radius 3 is 2.77 bits per heavy atom. The molecular formula is C20H20N4OS. The third-order valence-electron chi connectivity index (χ3n) is 4.67. The molecule has 1 aliphatic rings. The van der Waals surface area contributed by atoms with Crippen molar-refractivity contribution in [1.82, 2.24) is 14.8 Å². The number of hydrogen-bond donors (Lipinski definition) is 0. The van der Waals surface area contributed by atoms with Gasteiger partial charge in [-0.05, 0) is 43.5 Å². The highest BCUT2D eigenvalue weighted by Crippen LogP contribution is 2.31. The zero-order chi connectivity index (χ0) is 17.9. The summed E-state index contributed by atoms with van der Waals surface area (Å²) in [6.45, 7) is 2.12. The van der Waals surface area contributed by atoms with Crippen molar-refractivity contribution in [2.75, 3.05) is 10.7 Å². The van der Waals surface area contributed by atoms with Gasteiger partial charge in [0.15, 0.2) is 5.16 Å². The fourth-order valence-corrected chi connectivity index (χ4v) is 4.14. The van der Waals surface area contributed by atoms with Crippen LogP contribution in [-0.2, 0) is 11.2 Å². The molecule has 0 saturated carbocycles. The third-order valence-corrected chi connectivity index (χ3v) is 5.60. The minimum absolute atomic E-state index is 0.109. The van der Waals surface area contributed by atoms with Crippen molar-refractivity contribution in [3.63, 3.8) is 0 Å². The number of anilines is 1. The molecule has 4 rings (SSSR count). The van der Waals surface area contributed by atoms with Gasteiger partial charge >= 0.3 is 0 Å². The van der Waals surface area contributed by atoms with Crippen LogP contribution in [0.4, 0.5) is 5.69 Å². The van der Waals surface area contributed by atoms with E-state index >= 15 is 0 Å². The van der Waals surface area contributed by atoms with Gasteiger partial charge < -0.3 is 4.90 Å². The van der Waals surface area contributed by atoms with Gasteiger partial charge in [0, 0.05) is 17.4 Å². The number of carbonyl (C=O) groups excluding carboxylic acids is 1. The van der Waals surface area contributed by atoms with Crippen LogP contribution in [0.5, 0.6) is 0 Å². The molecule has 5 nitrogen and oxygen atoms in total. The Bertz CT molecular complexity index is 909. The maximum atomic E-state index is 13.0. The molecule has 1 aliphatic heterocycles. The Morgan fingerprint density at radius 2 is 1.92 bits per heavy atom. The van der Waals surface area contributed by atoms with Gasteiger partial charge in [0.25, 0.3) is 0 Å². The molecule has 3 aromatic rings. The SMILES string of the molecule is C[C@H]1CCc2ccccc2N1C(=O)CSc1nncn1-c1ccccc1. The van der Waals surface area contributed by atoms with Gasteiger partial charge in [0.1, 0.15) is 6.33 Å². The van der Waals surface area contributed by atoms with Gasteiger partial charge in [-0.2, -0.15) is 0 Å². The molecule has 0 radical (unpaired) electrons.